The van der Waals surface area contributed by atoms with Gasteiger partial charge in [0.15, 0.2) is 0 Å². The van der Waals surface area contributed by atoms with Crippen LogP contribution in [0.4, 0.5) is 4.39 Å². The second-order valence-corrected chi connectivity index (χ2v) is 5.84. The summed E-state index contributed by atoms with van der Waals surface area (Å²) in [4.78, 5) is 1.13. The Morgan fingerprint density at radius 1 is 1.21 bits per heavy atom. The van der Waals surface area contributed by atoms with Crippen LogP contribution in [-0.2, 0) is 0 Å². The van der Waals surface area contributed by atoms with Gasteiger partial charge in [0.1, 0.15) is 11.9 Å². The Bertz CT molecular complexity index is 557. The fourth-order valence-electron chi connectivity index (χ4n) is 1.82. The molecule has 1 nitrogen and oxygen atoms in total. The first-order valence-electron chi connectivity index (χ1n) is 5.97. The highest BCUT2D eigenvalue weighted by atomic mass is 35.5. The lowest BCUT2D eigenvalue weighted by Gasteiger charge is -2.13. The van der Waals surface area contributed by atoms with Gasteiger partial charge in [-0.3, -0.25) is 0 Å². The van der Waals surface area contributed by atoms with Gasteiger partial charge >= 0.3 is 0 Å². The largest absolute Gasteiger partial charge is 0.384 e. The molecule has 0 bridgehead atoms. The van der Waals surface area contributed by atoms with Gasteiger partial charge in [-0.2, -0.15) is 0 Å². The Kier molecular flexibility index (Phi) is 4.86. The first-order chi connectivity index (χ1) is 9.11. The van der Waals surface area contributed by atoms with Crippen molar-refractivity contribution in [1.82, 2.24) is 0 Å². The zero-order valence-electron chi connectivity index (χ0n) is 10.4. The van der Waals surface area contributed by atoms with Crippen LogP contribution in [0.3, 0.4) is 0 Å². The molecule has 4 heteroatoms. The standard InChI is InChI=1S/C15H14ClFOS/c1-2-19-12-6-3-10(4-7-12)15(18)13-8-5-11(16)9-14(13)17/h3-9,15,18H,2H2,1H3. The summed E-state index contributed by atoms with van der Waals surface area (Å²) in [5.74, 6) is 0.500. The third-order valence-electron chi connectivity index (χ3n) is 2.76. The number of hydrogen-bond donors (Lipinski definition) is 1. The lowest BCUT2D eigenvalue weighted by atomic mass is 10.0. The number of aliphatic hydroxyl groups excluding tert-OH is 1. The zero-order chi connectivity index (χ0) is 13.8. The molecule has 0 heterocycles. The Labute approximate surface area is 121 Å². The highest BCUT2D eigenvalue weighted by Crippen LogP contribution is 2.27. The third kappa shape index (κ3) is 3.50. The molecule has 2 aromatic rings. The summed E-state index contributed by atoms with van der Waals surface area (Å²) >= 11 is 7.42. The Morgan fingerprint density at radius 3 is 2.47 bits per heavy atom. The Morgan fingerprint density at radius 2 is 1.89 bits per heavy atom. The molecule has 0 saturated heterocycles. The molecule has 2 aromatic carbocycles. The first-order valence-corrected chi connectivity index (χ1v) is 7.34. The summed E-state index contributed by atoms with van der Waals surface area (Å²) in [7, 11) is 0. The average molecular weight is 297 g/mol. The van der Waals surface area contributed by atoms with Crippen molar-refractivity contribution in [3.63, 3.8) is 0 Å². The molecular formula is C15H14ClFOS. The predicted molar refractivity (Wildman–Crippen MR) is 78.3 cm³/mol. The van der Waals surface area contributed by atoms with Crippen LogP contribution >= 0.6 is 23.4 Å². The van der Waals surface area contributed by atoms with E-state index in [0.717, 1.165) is 10.6 Å². The maximum atomic E-state index is 13.7. The van der Waals surface area contributed by atoms with Crippen molar-refractivity contribution >= 4 is 23.4 Å². The van der Waals surface area contributed by atoms with E-state index in [0.29, 0.717) is 10.6 Å². The van der Waals surface area contributed by atoms with Gasteiger partial charge in [-0.25, -0.2) is 4.39 Å². The van der Waals surface area contributed by atoms with E-state index in [4.69, 9.17) is 11.6 Å². The lowest BCUT2D eigenvalue weighted by Crippen LogP contribution is -2.02. The normalized spacial score (nSPS) is 12.4. The molecule has 0 spiro atoms. The van der Waals surface area contributed by atoms with Crippen molar-refractivity contribution < 1.29 is 9.50 Å². The maximum Gasteiger partial charge on any atom is 0.130 e. The van der Waals surface area contributed by atoms with Crippen molar-refractivity contribution in [2.75, 3.05) is 5.75 Å². The smallest absolute Gasteiger partial charge is 0.130 e. The number of hydrogen-bond acceptors (Lipinski definition) is 2. The highest BCUT2D eigenvalue weighted by Gasteiger charge is 2.15. The monoisotopic (exact) mass is 296 g/mol. The summed E-state index contributed by atoms with van der Waals surface area (Å²) in [5.41, 5.74) is 0.905. The molecule has 0 aromatic heterocycles. The van der Waals surface area contributed by atoms with Crippen LogP contribution < -0.4 is 0 Å². The van der Waals surface area contributed by atoms with E-state index >= 15 is 0 Å². The van der Waals surface area contributed by atoms with Gasteiger partial charge < -0.3 is 5.11 Å². The van der Waals surface area contributed by atoms with Crippen molar-refractivity contribution in [3.05, 3.63) is 64.4 Å². The molecule has 100 valence electrons. The molecular weight excluding hydrogens is 283 g/mol. The summed E-state index contributed by atoms with van der Waals surface area (Å²) in [5, 5.41) is 10.5. The molecule has 1 N–H and O–H groups in total. The Hall–Kier alpha value is -1.03. The fraction of sp³-hybridized carbons (Fsp3) is 0.200. The molecule has 0 aliphatic rings. The maximum absolute atomic E-state index is 13.7. The molecule has 0 amide bonds. The van der Waals surface area contributed by atoms with Crippen LogP contribution in [0, 0.1) is 5.82 Å². The summed E-state index contributed by atoms with van der Waals surface area (Å²) in [6.45, 7) is 2.08. The van der Waals surface area contributed by atoms with Gasteiger partial charge in [-0.05, 0) is 35.6 Å². The third-order valence-corrected chi connectivity index (χ3v) is 3.89. The van der Waals surface area contributed by atoms with Crippen molar-refractivity contribution in [3.8, 4) is 0 Å². The minimum Gasteiger partial charge on any atom is -0.384 e. The minimum absolute atomic E-state index is 0.236. The lowest BCUT2D eigenvalue weighted by molar-refractivity contribution is 0.215. The number of aliphatic hydroxyl groups is 1. The molecule has 1 atom stereocenters. The molecule has 0 fully saturated rings. The molecule has 1 unspecified atom stereocenters. The molecule has 0 saturated carbocycles. The SMILES string of the molecule is CCSc1ccc(C(O)c2ccc(Cl)cc2F)cc1. The quantitative estimate of drug-likeness (QED) is 0.827. The van der Waals surface area contributed by atoms with Gasteiger partial charge in [0, 0.05) is 15.5 Å². The van der Waals surface area contributed by atoms with Gasteiger partial charge in [0.2, 0.25) is 0 Å². The topological polar surface area (TPSA) is 20.2 Å². The van der Waals surface area contributed by atoms with Crippen LogP contribution in [-0.4, -0.2) is 10.9 Å². The van der Waals surface area contributed by atoms with Crippen molar-refractivity contribution in [2.24, 2.45) is 0 Å². The molecule has 2 rings (SSSR count). The van der Waals surface area contributed by atoms with Gasteiger partial charge in [0.25, 0.3) is 0 Å². The summed E-state index contributed by atoms with van der Waals surface area (Å²) < 4.78 is 13.7. The van der Waals surface area contributed by atoms with E-state index in [9.17, 15) is 9.50 Å². The fourth-order valence-corrected chi connectivity index (χ4v) is 2.64. The summed E-state index contributed by atoms with van der Waals surface area (Å²) in [6, 6.07) is 11.8. The molecule has 0 aliphatic heterocycles. The predicted octanol–water partition coefficient (Wildman–Crippen LogP) is 4.67. The average Bonchev–Trinajstić information content (AvgIpc) is 2.39. The van der Waals surface area contributed by atoms with Crippen LogP contribution in [0.2, 0.25) is 5.02 Å². The minimum atomic E-state index is -0.974. The van der Waals surface area contributed by atoms with Gasteiger partial charge in [-0.15, -0.1) is 11.8 Å². The second kappa shape index (κ2) is 6.42. The van der Waals surface area contributed by atoms with Crippen LogP contribution in [0.5, 0.6) is 0 Å². The van der Waals surface area contributed by atoms with Gasteiger partial charge in [0.05, 0.1) is 0 Å². The molecule has 19 heavy (non-hydrogen) atoms. The first kappa shape index (κ1) is 14.4. The number of rotatable bonds is 4. The number of benzene rings is 2. The number of thioether (sulfide) groups is 1. The van der Waals surface area contributed by atoms with Crippen molar-refractivity contribution in [2.45, 2.75) is 17.9 Å². The van der Waals surface area contributed by atoms with E-state index in [1.807, 2.05) is 24.3 Å². The van der Waals surface area contributed by atoms with Crippen LogP contribution in [0.1, 0.15) is 24.2 Å². The highest BCUT2D eigenvalue weighted by molar-refractivity contribution is 7.99. The van der Waals surface area contributed by atoms with Crippen LogP contribution in [0.25, 0.3) is 0 Å². The number of halogens is 2. The Balaban J connectivity index is 2.25. The molecule has 0 radical (unpaired) electrons. The van der Waals surface area contributed by atoms with E-state index in [2.05, 4.69) is 6.92 Å². The van der Waals surface area contributed by atoms with E-state index in [1.165, 1.54) is 12.1 Å². The zero-order valence-corrected chi connectivity index (χ0v) is 12.0. The van der Waals surface area contributed by atoms with E-state index < -0.39 is 11.9 Å². The van der Waals surface area contributed by atoms with Crippen LogP contribution in [0.15, 0.2) is 47.4 Å². The van der Waals surface area contributed by atoms with Crippen molar-refractivity contribution in [1.29, 1.82) is 0 Å². The molecule has 0 aliphatic carbocycles. The van der Waals surface area contributed by atoms with Gasteiger partial charge in [-0.1, -0.05) is 36.7 Å². The second-order valence-electron chi connectivity index (χ2n) is 4.07. The van der Waals surface area contributed by atoms with E-state index in [1.54, 1.807) is 17.8 Å². The van der Waals surface area contributed by atoms with E-state index in [-0.39, 0.29) is 5.56 Å². The summed E-state index contributed by atoms with van der Waals surface area (Å²) in [6.07, 6.45) is -0.974.